The lowest BCUT2D eigenvalue weighted by atomic mass is 10.1. The van der Waals surface area contributed by atoms with Gasteiger partial charge in [-0.25, -0.2) is 9.97 Å². The first-order valence-electron chi connectivity index (χ1n) is 8.31. The van der Waals surface area contributed by atoms with Gasteiger partial charge >= 0.3 is 0 Å². The third kappa shape index (κ3) is 3.29. The zero-order chi connectivity index (χ0) is 17.4. The van der Waals surface area contributed by atoms with E-state index >= 15 is 0 Å². The second kappa shape index (κ2) is 6.74. The zero-order valence-corrected chi connectivity index (χ0v) is 15.5. The molecule has 2 aromatic rings. The Kier molecular flexibility index (Phi) is 4.85. The van der Waals surface area contributed by atoms with Crippen molar-refractivity contribution in [2.75, 3.05) is 32.7 Å². The molecule has 0 saturated carbocycles. The van der Waals surface area contributed by atoms with E-state index in [4.69, 9.17) is 0 Å². The molecule has 6 nitrogen and oxygen atoms in total. The molecule has 3 rings (SSSR count). The summed E-state index contributed by atoms with van der Waals surface area (Å²) in [5.41, 5.74) is 1.93. The number of nitrogens with zero attached hydrogens (tertiary/aromatic N) is 4. The minimum Gasteiger partial charge on any atom is -0.392 e. The highest BCUT2D eigenvalue weighted by Crippen LogP contribution is 2.32. The van der Waals surface area contributed by atoms with Crippen LogP contribution in [0.2, 0.25) is 0 Å². The average Bonchev–Trinajstić information content (AvgIpc) is 2.83. The van der Waals surface area contributed by atoms with Crippen LogP contribution >= 0.6 is 11.3 Å². The summed E-state index contributed by atoms with van der Waals surface area (Å²) in [5.74, 6) is 0.830. The Balaban J connectivity index is 1.80. The highest BCUT2D eigenvalue weighted by molar-refractivity contribution is 7.20. The minimum atomic E-state index is -0.332. The van der Waals surface area contributed by atoms with Crippen LogP contribution in [0.3, 0.4) is 0 Å². The fourth-order valence-electron chi connectivity index (χ4n) is 3.33. The van der Waals surface area contributed by atoms with Crippen LogP contribution in [0.15, 0.2) is 0 Å². The van der Waals surface area contributed by atoms with Crippen LogP contribution in [0.25, 0.3) is 10.2 Å². The summed E-state index contributed by atoms with van der Waals surface area (Å²) in [4.78, 5) is 27.6. The molecular formula is C17H24N4O2S. The molecule has 0 bridgehead atoms. The normalized spacial score (nSPS) is 17.5. The first kappa shape index (κ1) is 17.3. The van der Waals surface area contributed by atoms with E-state index in [1.54, 1.807) is 6.92 Å². The molecule has 1 atom stereocenters. The number of aliphatic hydroxyl groups is 1. The number of hydrogen-bond donors (Lipinski definition) is 1. The van der Waals surface area contributed by atoms with Gasteiger partial charge in [-0.3, -0.25) is 9.69 Å². The number of amides is 1. The largest absolute Gasteiger partial charge is 0.392 e. The number of fused-ring (bicyclic) bond motifs is 1. The van der Waals surface area contributed by atoms with E-state index in [0.29, 0.717) is 19.6 Å². The van der Waals surface area contributed by atoms with Gasteiger partial charge in [-0.15, -0.1) is 11.3 Å². The summed E-state index contributed by atoms with van der Waals surface area (Å²) in [6, 6.07) is 0. The second-order valence-electron chi connectivity index (χ2n) is 6.53. The van der Waals surface area contributed by atoms with Crippen molar-refractivity contribution in [3.63, 3.8) is 0 Å². The molecule has 130 valence electrons. The van der Waals surface area contributed by atoms with Crippen molar-refractivity contribution in [2.24, 2.45) is 0 Å². The summed E-state index contributed by atoms with van der Waals surface area (Å²) in [7, 11) is 0. The summed E-state index contributed by atoms with van der Waals surface area (Å²) in [6.45, 7) is 11.3. The molecule has 2 aromatic heterocycles. The van der Waals surface area contributed by atoms with Crippen molar-refractivity contribution in [3.05, 3.63) is 22.0 Å². The standard InChI is InChI=1S/C17H24N4O2S/c1-10(22)9-20-5-7-21(8-6-20)17(23)15-11(2)14-12(3)18-13(4)19-16(14)24-15/h10,22H,5-9H2,1-4H3/t10-/m0/s1. The highest BCUT2D eigenvalue weighted by atomic mass is 32.1. The maximum Gasteiger partial charge on any atom is 0.264 e. The number of carbonyl (C=O) groups excluding carboxylic acids is 1. The fraction of sp³-hybridized carbons (Fsp3) is 0.588. The van der Waals surface area contributed by atoms with Crippen LogP contribution < -0.4 is 0 Å². The van der Waals surface area contributed by atoms with Crippen LogP contribution in [0.5, 0.6) is 0 Å². The number of rotatable bonds is 3. The SMILES string of the molecule is Cc1nc(C)c2c(C)c(C(=O)N3CCN(C[C@H](C)O)CC3)sc2n1. The maximum atomic E-state index is 12.9. The smallest absolute Gasteiger partial charge is 0.264 e. The lowest BCUT2D eigenvalue weighted by Crippen LogP contribution is -2.50. The number of carbonyl (C=O) groups is 1. The Hall–Kier alpha value is -1.57. The van der Waals surface area contributed by atoms with Crippen LogP contribution in [-0.2, 0) is 0 Å². The molecular weight excluding hydrogens is 324 g/mol. The molecule has 24 heavy (non-hydrogen) atoms. The molecule has 1 aliphatic heterocycles. The van der Waals surface area contributed by atoms with E-state index in [-0.39, 0.29) is 12.0 Å². The van der Waals surface area contributed by atoms with Gasteiger partial charge in [0.15, 0.2) is 0 Å². The third-order valence-electron chi connectivity index (χ3n) is 4.46. The molecule has 1 fully saturated rings. The molecule has 1 saturated heterocycles. The molecule has 1 N–H and O–H groups in total. The van der Waals surface area contributed by atoms with E-state index in [9.17, 15) is 9.90 Å². The van der Waals surface area contributed by atoms with E-state index in [0.717, 1.165) is 45.3 Å². The molecule has 7 heteroatoms. The Morgan fingerprint density at radius 3 is 2.50 bits per heavy atom. The number of β-amino-alcohol motifs (C(OH)–C–C–N with tert-alkyl or cyclic N) is 1. The topological polar surface area (TPSA) is 69.6 Å². The van der Waals surface area contributed by atoms with Gasteiger partial charge in [-0.1, -0.05) is 0 Å². The Labute approximate surface area is 146 Å². The number of aromatic nitrogens is 2. The molecule has 0 unspecified atom stereocenters. The molecule has 0 radical (unpaired) electrons. The Morgan fingerprint density at radius 1 is 1.21 bits per heavy atom. The lowest BCUT2D eigenvalue weighted by molar-refractivity contribution is 0.0557. The molecule has 1 amide bonds. The predicted octanol–water partition coefficient (Wildman–Crippen LogP) is 1.76. The Morgan fingerprint density at radius 2 is 1.88 bits per heavy atom. The van der Waals surface area contributed by atoms with Crippen molar-refractivity contribution < 1.29 is 9.90 Å². The Bertz CT molecular complexity index is 764. The summed E-state index contributed by atoms with van der Waals surface area (Å²) in [6.07, 6.45) is -0.332. The van der Waals surface area contributed by atoms with Crippen molar-refractivity contribution >= 4 is 27.5 Å². The number of aliphatic hydroxyl groups excluding tert-OH is 1. The van der Waals surface area contributed by atoms with Crippen LogP contribution in [0.1, 0.15) is 33.7 Å². The first-order chi connectivity index (χ1) is 11.4. The highest BCUT2D eigenvalue weighted by Gasteiger charge is 2.26. The molecule has 0 spiro atoms. The lowest BCUT2D eigenvalue weighted by Gasteiger charge is -2.35. The summed E-state index contributed by atoms with van der Waals surface area (Å²) in [5, 5.41) is 10.5. The van der Waals surface area contributed by atoms with Gasteiger partial charge in [0.25, 0.3) is 5.91 Å². The van der Waals surface area contributed by atoms with Crippen LogP contribution in [0.4, 0.5) is 0 Å². The van der Waals surface area contributed by atoms with E-state index < -0.39 is 0 Å². The van der Waals surface area contributed by atoms with Crippen molar-refractivity contribution in [1.29, 1.82) is 0 Å². The monoisotopic (exact) mass is 348 g/mol. The first-order valence-corrected chi connectivity index (χ1v) is 9.12. The molecule has 0 aromatic carbocycles. The van der Waals surface area contributed by atoms with Gasteiger partial charge in [-0.2, -0.15) is 0 Å². The van der Waals surface area contributed by atoms with Crippen LogP contribution in [0, 0.1) is 20.8 Å². The predicted molar refractivity (Wildman–Crippen MR) is 95.7 cm³/mol. The molecule has 1 aliphatic rings. The average molecular weight is 348 g/mol. The van der Waals surface area contributed by atoms with Gasteiger partial charge in [0.2, 0.25) is 0 Å². The van der Waals surface area contributed by atoms with Gasteiger partial charge in [0, 0.05) is 43.8 Å². The second-order valence-corrected chi connectivity index (χ2v) is 7.53. The zero-order valence-electron chi connectivity index (χ0n) is 14.7. The van der Waals surface area contributed by atoms with E-state index in [1.165, 1.54) is 11.3 Å². The fourth-order valence-corrected chi connectivity index (χ4v) is 4.57. The maximum absolute atomic E-state index is 12.9. The van der Waals surface area contributed by atoms with Gasteiger partial charge in [0.05, 0.1) is 11.0 Å². The van der Waals surface area contributed by atoms with E-state index in [1.807, 2.05) is 25.7 Å². The van der Waals surface area contributed by atoms with Crippen molar-refractivity contribution in [1.82, 2.24) is 19.8 Å². The minimum absolute atomic E-state index is 0.0873. The van der Waals surface area contributed by atoms with Crippen molar-refractivity contribution in [2.45, 2.75) is 33.8 Å². The summed E-state index contributed by atoms with van der Waals surface area (Å²) >= 11 is 1.47. The quantitative estimate of drug-likeness (QED) is 0.915. The van der Waals surface area contributed by atoms with Gasteiger partial charge in [0.1, 0.15) is 10.7 Å². The number of piperazine rings is 1. The molecule has 0 aliphatic carbocycles. The van der Waals surface area contributed by atoms with Crippen LogP contribution in [-0.4, -0.2) is 69.6 Å². The number of aryl methyl sites for hydroxylation is 3. The number of thiophene rings is 1. The van der Waals surface area contributed by atoms with E-state index in [2.05, 4.69) is 14.9 Å². The van der Waals surface area contributed by atoms with Gasteiger partial charge < -0.3 is 10.0 Å². The summed E-state index contributed by atoms with van der Waals surface area (Å²) < 4.78 is 0. The molecule has 3 heterocycles. The van der Waals surface area contributed by atoms with Gasteiger partial charge in [-0.05, 0) is 33.3 Å². The van der Waals surface area contributed by atoms with Crippen molar-refractivity contribution in [3.8, 4) is 0 Å². The number of hydrogen-bond acceptors (Lipinski definition) is 6. The third-order valence-corrected chi connectivity index (χ3v) is 5.63.